The molecule has 8 nitrogen and oxygen atoms in total. The zero-order valence-electron chi connectivity index (χ0n) is 22.7. The van der Waals surface area contributed by atoms with Crippen LogP contribution in [-0.4, -0.2) is 63.6 Å². The molecule has 1 aliphatic rings. The van der Waals surface area contributed by atoms with E-state index in [9.17, 15) is 4.79 Å². The summed E-state index contributed by atoms with van der Waals surface area (Å²) in [5.74, 6) is 0.265. The van der Waals surface area contributed by atoms with E-state index >= 15 is 0 Å². The molecule has 11 heteroatoms. The van der Waals surface area contributed by atoms with Crippen molar-refractivity contribution in [2.75, 3.05) is 25.3 Å². The van der Waals surface area contributed by atoms with Gasteiger partial charge in [0.25, 0.3) is 0 Å². The first kappa shape index (κ1) is 29.5. The van der Waals surface area contributed by atoms with Crippen molar-refractivity contribution in [3.63, 3.8) is 0 Å². The molecule has 2 rings (SSSR count). The summed E-state index contributed by atoms with van der Waals surface area (Å²) in [7, 11) is -2.82. The fraction of sp³-hybridized carbons (Fsp3) is 0.826. The van der Waals surface area contributed by atoms with Crippen LogP contribution in [0.4, 0.5) is 5.82 Å². The van der Waals surface area contributed by atoms with Crippen molar-refractivity contribution in [2.24, 2.45) is 0 Å². The number of rotatable bonds is 8. The second-order valence-corrected chi connectivity index (χ2v) is 22.1. The van der Waals surface area contributed by atoms with Crippen LogP contribution in [0.1, 0.15) is 47.8 Å². The van der Waals surface area contributed by atoms with Crippen LogP contribution in [0.2, 0.25) is 36.3 Å². The van der Waals surface area contributed by atoms with Crippen LogP contribution in [0.25, 0.3) is 0 Å². The van der Waals surface area contributed by atoms with E-state index in [0.717, 1.165) is 0 Å². The maximum Gasteiger partial charge on any atom is 0.351 e. The molecule has 1 aliphatic heterocycles. The number of ether oxygens (including phenoxy) is 2. The average molecular weight is 534 g/mol. The molecule has 2 heterocycles. The van der Waals surface area contributed by atoms with Crippen LogP contribution in [0.3, 0.4) is 0 Å². The first-order valence-corrected chi connectivity index (χ1v) is 18.1. The maximum atomic E-state index is 12.7. The van der Waals surface area contributed by atoms with Crippen molar-refractivity contribution >= 4 is 34.1 Å². The summed E-state index contributed by atoms with van der Waals surface area (Å²) in [6, 6.07) is 1.56. The zero-order valence-corrected chi connectivity index (χ0v) is 25.4. The van der Waals surface area contributed by atoms with Crippen molar-refractivity contribution in [1.29, 1.82) is 0 Å². The topological polar surface area (TPSA) is 97.8 Å². The van der Waals surface area contributed by atoms with Gasteiger partial charge >= 0.3 is 5.69 Å². The normalized spacial score (nSPS) is 26.8. The van der Waals surface area contributed by atoms with Gasteiger partial charge in [-0.05, 0) is 42.3 Å². The van der Waals surface area contributed by atoms with E-state index in [-0.39, 0.29) is 28.4 Å². The predicted octanol–water partition coefficient (Wildman–Crippen LogP) is 4.76. The van der Waals surface area contributed by atoms with Gasteiger partial charge in [-0.3, -0.25) is 4.57 Å². The van der Waals surface area contributed by atoms with Gasteiger partial charge in [0.2, 0.25) is 0 Å². The van der Waals surface area contributed by atoms with Gasteiger partial charge in [0.1, 0.15) is 23.6 Å². The van der Waals surface area contributed by atoms with E-state index < -0.39 is 46.4 Å². The highest BCUT2D eigenvalue weighted by Gasteiger charge is 2.60. The largest absolute Gasteiger partial charge is 0.414 e. The molecule has 1 fully saturated rings. The van der Waals surface area contributed by atoms with E-state index in [1.54, 1.807) is 19.4 Å². The van der Waals surface area contributed by atoms with Crippen LogP contribution in [0.15, 0.2) is 17.1 Å². The average Bonchev–Trinajstić information content (AvgIpc) is 2.97. The minimum atomic E-state index is -2.28. The van der Waals surface area contributed by atoms with Gasteiger partial charge < -0.3 is 24.1 Å². The number of nitrogens with two attached hydrogens (primary N) is 1. The Balaban J connectivity index is 2.59. The smallest absolute Gasteiger partial charge is 0.351 e. The second-order valence-electron chi connectivity index (χ2n) is 12.3. The molecule has 0 amide bonds. The lowest BCUT2D eigenvalue weighted by Crippen LogP contribution is -2.58. The minimum absolute atomic E-state index is 0.00671. The van der Waals surface area contributed by atoms with Crippen molar-refractivity contribution in [2.45, 2.75) is 102 Å². The van der Waals surface area contributed by atoms with Gasteiger partial charge in [0.15, 0.2) is 22.9 Å². The van der Waals surface area contributed by atoms with E-state index in [4.69, 9.17) is 35.7 Å². The number of halogens is 1. The number of nitrogens with zero attached hydrogens (tertiary/aromatic N) is 2. The molecule has 196 valence electrons. The highest BCUT2D eigenvalue weighted by atomic mass is 35.5. The number of alkyl halides is 1. The summed E-state index contributed by atoms with van der Waals surface area (Å²) in [5, 5.41) is -0.0475. The van der Waals surface area contributed by atoms with Gasteiger partial charge in [-0.2, -0.15) is 4.98 Å². The molecule has 2 N–H and O–H groups in total. The summed E-state index contributed by atoms with van der Waals surface area (Å²) in [6.45, 7) is 22.1. The van der Waals surface area contributed by atoms with Crippen LogP contribution in [0, 0.1) is 0 Å². The Kier molecular flexibility index (Phi) is 8.63. The Morgan fingerprint density at radius 1 is 1.15 bits per heavy atom. The lowest BCUT2D eigenvalue weighted by Gasteiger charge is -2.45. The molecule has 1 saturated heterocycles. The molecule has 1 aromatic rings. The summed E-state index contributed by atoms with van der Waals surface area (Å²) in [5.41, 5.74) is 4.18. The molecule has 0 unspecified atom stereocenters. The molecule has 0 radical (unpaired) electrons. The number of hydrogen-bond acceptors (Lipinski definition) is 7. The molecule has 0 aromatic carbocycles. The van der Waals surface area contributed by atoms with Gasteiger partial charge in [-0.15, -0.1) is 11.6 Å². The summed E-state index contributed by atoms with van der Waals surface area (Å²) in [6.07, 6.45) is -0.361. The first-order valence-electron chi connectivity index (χ1n) is 11.7. The van der Waals surface area contributed by atoms with Crippen LogP contribution < -0.4 is 11.4 Å². The SMILES string of the molecule is CO[C@@H]1[C@H](n2ccc(N)nc2=O)O[C@](CCl)(CO[Si](C)(C)C(C)(C)C)[C@H]1O[Si](C)(C)C(C)(C)C. The highest BCUT2D eigenvalue weighted by Crippen LogP contribution is 2.47. The molecular formula is C23H44ClN3O5Si2. The van der Waals surface area contributed by atoms with E-state index in [2.05, 4.69) is 72.7 Å². The molecule has 34 heavy (non-hydrogen) atoms. The summed E-state index contributed by atoms with van der Waals surface area (Å²) in [4.78, 5) is 16.6. The fourth-order valence-corrected chi connectivity index (χ4v) is 6.02. The Morgan fingerprint density at radius 2 is 1.71 bits per heavy atom. The monoisotopic (exact) mass is 533 g/mol. The quantitative estimate of drug-likeness (QED) is 0.380. The first-order chi connectivity index (χ1) is 15.3. The van der Waals surface area contributed by atoms with Crippen molar-refractivity contribution in [3.05, 3.63) is 22.7 Å². The van der Waals surface area contributed by atoms with E-state index in [0.29, 0.717) is 0 Å². The Morgan fingerprint density at radius 3 is 2.15 bits per heavy atom. The standard InChI is InChI=1S/C23H44ClN3O5Si2/c1-21(2,3)33(8,9)30-15-23(14-24)18(32-34(10,11)22(4,5)6)17(29-7)19(31-23)27-13-12-16(25)26-20(27)28/h12-13,17-19H,14-15H2,1-11H3,(H2,25,26,28)/t17-,18-,19+,23+/m0/s1. The molecule has 0 spiro atoms. The van der Waals surface area contributed by atoms with Gasteiger partial charge in [-0.1, -0.05) is 41.5 Å². The number of hydrogen-bond donors (Lipinski definition) is 1. The Bertz CT molecular complexity index is 913. The highest BCUT2D eigenvalue weighted by molar-refractivity contribution is 6.74. The summed E-state index contributed by atoms with van der Waals surface area (Å²) >= 11 is 6.65. The lowest BCUT2D eigenvalue weighted by molar-refractivity contribution is -0.111. The molecule has 0 saturated carbocycles. The molecule has 0 aliphatic carbocycles. The third-order valence-electron chi connectivity index (χ3n) is 7.79. The minimum Gasteiger partial charge on any atom is -0.414 e. The predicted molar refractivity (Wildman–Crippen MR) is 142 cm³/mol. The van der Waals surface area contributed by atoms with E-state index in [1.165, 1.54) is 4.57 Å². The molecule has 1 aromatic heterocycles. The van der Waals surface area contributed by atoms with Crippen molar-refractivity contribution in [1.82, 2.24) is 9.55 Å². The second kappa shape index (κ2) is 9.95. The van der Waals surface area contributed by atoms with Gasteiger partial charge in [0, 0.05) is 13.3 Å². The lowest BCUT2D eigenvalue weighted by atomic mass is 9.98. The zero-order chi connectivity index (χ0) is 26.3. The number of nitrogen functional groups attached to an aromatic ring is 1. The molecule has 0 bridgehead atoms. The van der Waals surface area contributed by atoms with Crippen molar-refractivity contribution in [3.8, 4) is 0 Å². The number of methoxy groups -OCH3 is 1. The van der Waals surface area contributed by atoms with Gasteiger partial charge in [0.05, 0.1) is 12.5 Å². The molecular weight excluding hydrogens is 490 g/mol. The Labute approximate surface area is 211 Å². The summed E-state index contributed by atoms with van der Waals surface area (Å²) < 4.78 is 27.5. The number of anilines is 1. The third kappa shape index (κ3) is 5.79. The van der Waals surface area contributed by atoms with Crippen LogP contribution in [0.5, 0.6) is 0 Å². The van der Waals surface area contributed by atoms with Crippen LogP contribution >= 0.6 is 11.6 Å². The molecule has 4 atom stereocenters. The van der Waals surface area contributed by atoms with Crippen molar-refractivity contribution < 1.29 is 18.3 Å². The Hall–Kier alpha value is -0.756. The van der Waals surface area contributed by atoms with Crippen LogP contribution in [-0.2, 0) is 18.3 Å². The van der Waals surface area contributed by atoms with E-state index in [1.807, 2.05) is 0 Å². The third-order valence-corrected chi connectivity index (χ3v) is 17.2. The fourth-order valence-electron chi connectivity index (χ4n) is 3.35. The number of aromatic nitrogens is 2. The maximum absolute atomic E-state index is 12.7. The van der Waals surface area contributed by atoms with Gasteiger partial charge in [-0.25, -0.2) is 4.79 Å².